The van der Waals surface area contributed by atoms with E-state index in [0.717, 1.165) is 23.4 Å². The first-order chi connectivity index (χ1) is 10.8. The van der Waals surface area contributed by atoms with E-state index in [0.29, 0.717) is 11.3 Å². The Kier molecular flexibility index (Phi) is 4.50. The third-order valence-electron chi connectivity index (χ3n) is 3.67. The molecule has 1 aliphatic carbocycles. The Morgan fingerprint density at radius 3 is 2.91 bits per heavy atom. The molecule has 0 radical (unpaired) electrons. The van der Waals surface area contributed by atoms with Crippen molar-refractivity contribution in [3.63, 3.8) is 0 Å². The Morgan fingerprint density at radius 2 is 2.18 bits per heavy atom. The monoisotopic (exact) mass is 313 g/mol. The van der Waals surface area contributed by atoms with Crippen LogP contribution in [0.5, 0.6) is 0 Å². The average Bonchev–Trinajstić information content (AvgIpc) is 3.03. The number of nitriles is 1. The van der Waals surface area contributed by atoms with E-state index in [-0.39, 0.29) is 0 Å². The fraction of sp³-hybridized carbons (Fsp3) is 0.235. The van der Waals surface area contributed by atoms with E-state index in [4.69, 9.17) is 5.26 Å². The Balaban J connectivity index is 1.66. The number of rotatable bonds is 4. The third kappa shape index (κ3) is 3.34. The number of allylic oxidation sites excluding steroid dienone is 2. The summed E-state index contributed by atoms with van der Waals surface area (Å²) in [5.74, 6) is -0.419. The van der Waals surface area contributed by atoms with Gasteiger partial charge in [-0.15, -0.1) is 0 Å². The molecular formula is C17H16FN3S. The standard InChI is InChI=1S/C17H16FN3S/c18-15-8-12(10-19)6-7-16(15)21-22-14-9-17(20-11-14)13-4-2-1-3-5-13/h4,6-9,11,20-21H,1-3,5H2. The van der Waals surface area contributed by atoms with Gasteiger partial charge in [0.05, 0.1) is 17.3 Å². The summed E-state index contributed by atoms with van der Waals surface area (Å²) >= 11 is 1.35. The van der Waals surface area contributed by atoms with Crippen molar-refractivity contribution in [3.8, 4) is 6.07 Å². The van der Waals surface area contributed by atoms with E-state index in [1.54, 1.807) is 12.1 Å². The zero-order valence-electron chi connectivity index (χ0n) is 12.0. The Labute approximate surface area is 133 Å². The molecule has 0 saturated heterocycles. The first-order valence-corrected chi connectivity index (χ1v) is 8.08. The van der Waals surface area contributed by atoms with Crippen LogP contribution in [0, 0.1) is 17.1 Å². The van der Waals surface area contributed by atoms with Crippen molar-refractivity contribution in [3.05, 3.63) is 53.6 Å². The molecule has 1 aromatic carbocycles. The summed E-state index contributed by atoms with van der Waals surface area (Å²) in [6.45, 7) is 0. The molecule has 0 amide bonds. The predicted molar refractivity (Wildman–Crippen MR) is 87.8 cm³/mol. The number of halogens is 1. The van der Waals surface area contributed by atoms with Crippen molar-refractivity contribution in [2.24, 2.45) is 0 Å². The molecular weight excluding hydrogens is 297 g/mol. The van der Waals surface area contributed by atoms with E-state index in [1.165, 1.54) is 36.4 Å². The molecule has 0 saturated carbocycles. The lowest BCUT2D eigenvalue weighted by Crippen LogP contribution is -1.91. The van der Waals surface area contributed by atoms with E-state index >= 15 is 0 Å². The molecule has 0 spiro atoms. The fourth-order valence-corrected chi connectivity index (χ4v) is 3.17. The lowest BCUT2D eigenvalue weighted by Gasteiger charge is -2.10. The number of hydrogen-bond acceptors (Lipinski definition) is 3. The van der Waals surface area contributed by atoms with Crippen LogP contribution in [-0.4, -0.2) is 4.98 Å². The predicted octanol–water partition coefficient (Wildman–Crippen LogP) is 5.10. The quantitative estimate of drug-likeness (QED) is 0.772. The van der Waals surface area contributed by atoms with Crippen molar-refractivity contribution in [2.45, 2.75) is 30.6 Å². The van der Waals surface area contributed by atoms with E-state index in [2.05, 4.69) is 21.8 Å². The number of aromatic nitrogens is 1. The number of benzene rings is 1. The van der Waals surface area contributed by atoms with Gasteiger partial charge in [-0.1, -0.05) is 6.08 Å². The lowest BCUT2D eigenvalue weighted by molar-refractivity contribution is 0.632. The molecule has 3 rings (SSSR count). The van der Waals surface area contributed by atoms with Crippen molar-refractivity contribution < 1.29 is 4.39 Å². The molecule has 5 heteroatoms. The van der Waals surface area contributed by atoms with Gasteiger partial charge in [-0.25, -0.2) is 4.39 Å². The second-order valence-electron chi connectivity index (χ2n) is 5.23. The van der Waals surface area contributed by atoms with Gasteiger partial charge >= 0.3 is 0 Å². The summed E-state index contributed by atoms with van der Waals surface area (Å²) in [7, 11) is 0. The smallest absolute Gasteiger partial charge is 0.148 e. The maximum Gasteiger partial charge on any atom is 0.148 e. The molecule has 112 valence electrons. The van der Waals surface area contributed by atoms with Crippen LogP contribution < -0.4 is 4.72 Å². The van der Waals surface area contributed by atoms with Gasteiger partial charge in [0.1, 0.15) is 5.82 Å². The molecule has 2 N–H and O–H groups in total. The number of hydrogen-bond donors (Lipinski definition) is 2. The summed E-state index contributed by atoms with van der Waals surface area (Å²) in [6, 6.07) is 8.42. The molecule has 0 fully saturated rings. The van der Waals surface area contributed by atoms with Gasteiger partial charge in [-0.2, -0.15) is 5.26 Å². The van der Waals surface area contributed by atoms with E-state index < -0.39 is 5.82 Å². The molecule has 1 aromatic heterocycles. The van der Waals surface area contributed by atoms with Gasteiger partial charge in [0.15, 0.2) is 0 Å². The SMILES string of the molecule is N#Cc1ccc(NSc2c[nH]c(C3=CCCCC3)c2)c(F)c1. The first kappa shape index (κ1) is 14.7. The molecule has 1 aliphatic rings. The third-order valence-corrected chi connectivity index (χ3v) is 4.46. The van der Waals surface area contributed by atoms with Crippen molar-refractivity contribution in [1.82, 2.24) is 4.98 Å². The van der Waals surface area contributed by atoms with Gasteiger partial charge in [0.2, 0.25) is 0 Å². The van der Waals surface area contributed by atoms with Crippen LogP contribution in [0.2, 0.25) is 0 Å². The lowest BCUT2D eigenvalue weighted by atomic mass is 9.97. The maximum atomic E-state index is 13.8. The van der Waals surface area contributed by atoms with Gasteiger partial charge in [0.25, 0.3) is 0 Å². The zero-order valence-corrected chi connectivity index (χ0v) is 12.8. The number of anilines is 1. The summed E-state index contributed by atoms with van der Waals surface area (Å²) in [5, 5.41) is 8.74. The minimum absolute atomic E-state index is 0.321. The van der Waals surface area contributed by atoms with E-state index in [9.17, 15) is 4.39 Å². The number of H-pyrrole nitrogens is 1. The molecule has 22 heavy (non-hydrogen) atoms. The molecule has 0 unspecified atom stereocenters. The molecule has 0 aliphatic heterocycles. The zero-order chi connectivity index (χ0) is 15.4. The van der Waals surface area contributed by atoms with Gasteiger partial charge in [-0.05, 0) is 67.5 Å². The molecule has 0 bridgehead atoms. The maximum absolute atomic E-state index is 13.8. The Morgan fingerprint density at radius 1 is 1.27 bits per heavy atom. The van der Waals surface area contributed by atoms with Gasteiger partial charge < -0.3 is 9.71 Å². The summed E-state index contributed by atoms with van der Waals surface area (Å²) in [4.78, 5) is 4.28. The first-order valence-electron chi connectivity index (χ1n) is 7.26. The second kappa shape index (κ2) is 6.71. The summed E-state index contributed by atoms with van der Waals surface area (Å²) in [6.07, 6.45) is 8.97. The van der Waals surface area contributed by atoms with Crippen LogP contribution in [0.25, 0.3) is 5.57 Å². The topological polar surface area (TPSA) is 51.6 Å². The average molecular weight is 313 g/mol. The van der Waals surface area contributed by atoms with Gasteiger partial charge in [0, 0.05) is 16.8 Å². The highest BCUT2D eigenvalue weighted by atomic mass is 32.2. The second-order valence-corrected chi connectivity index (χ2v) is 6.11. The van der Waals surface area contributed by atoms with Crippen LogP contribution in [0.15, 0.2) is 41.4 Å². The van der Waals surface area contributed by atoms with Crippen LogP contribution in [0.3, 0.4) is 0 Å². The van der Waals surface area contributed by atoms with Crippen LogP contribution in [0.1, 0.15) is 36.9 Å². The minimum Gasteiger partial charge on any atom is -0.360 e. The normalized spacial score (nSPS) is 14.3. The Bertz CT molecular complexity index is 743. The van der Waals surface area contributed by atoms with Crippen LogP contribution in [0.4, 0.5) is 10.1 Å². The van der Waals surface area contributed by atoms with Crippen molar-refractivity contribution >= 4 is 23.2 Å². The highest BCUT2D eigenvalue weighted by molar-refractivity contribution is 8.00. The largest absolute Gasteiger partial charge is 0.360 e. The molecule has 2 aromatic rings. The number of aromatic amines is 1. The fourth-order valence-electron chi connectivity index (χ4n) is 2.48. The van der Waals surface area contributed by atoms with Gasteiger partial charge in [-0.3, -0.25) is 0 Å². The van der Waals surface area contributed by atoms with Crippen molar-refractivity contribution in [1.29, 1.82) is 5.26 Å². The number of nitrogens with zero attached hydrogens (tertiary/aromatic N) is 1. The molecule has 3 nitrogen and oxygen atoms in total. The van der Waals surface area contributed by atoms with Crippen molar-refractivity contribution in [2.75, 3.05) is 4.72 Å². The van der Waals surface area contributed by atoms with Crippen LogP contribution >= 0.6 is 11.9 Å². The minimum atomic E-state index is -0.419. The Hall–Kier alpha value is -2.19. The van der Waals surface area contributed by atoms with E-state index in [1.807, 2.05) is 12.3 Å². The van der Waals surface area contributed by atoms with Crippen LogP contribution in [-0.2, 0) is 0 Å². The molecule has 0 atom stereocenters. The summed E-state index contributed by atoms with van der Waals surface area (Å²) in [5.41, 5.74) is 3.21. The summed E-state index contributed by atoms with van der Waals surface area (Å²) < 4.78 is 16.8. The highest BCUT2D eigenvalue weighted by Gasteiger charge is 2.09. The molecule has 1 heterocycles. The highest BCUT2D eigenvalue weighted by Crippen LogP contribution is 2.30. The number of nitrogens with one attached hydrogen (secondary N) is 2.